The monoisotopic (exact) mass is 442 g/mol. The number of Topliss-reactive ketones (excluding diaryl/α,β-unsaturated/α-hetero) is 1. The molecule has 0 saturated carbocycles. The van der Waals surface area contributed by atoms with E-state index in [1.165, 1.54) is 13.2 Å². The number of halogens is 1. The molecule has 1 fully saturated rings. The summed E-state index contributed by atoms with van der Waals surface area (Å²) in [7, 11) is 5.41. The average Bonchev–Trinajstić information content (AvgIpc) is 2.98. The Kier molecular flexibility index (Phi) is 7.03. The third-order valence-corrected chi connectivity index (χ3v) is 5.66. The molecule has 0 unspecified atom stereocenters. The van der Waals surface area contributed by atoms with E-state index in [0.29, 0.717) is 29.3 Å². The Morgan fingerprint density at radius 1 is 1.16 bits per heavy atom. The van der Waals surface area contributed by atoms with Crippen LogP contribution in [0.15, 0.2) is 48.0 Å². The zero-order valence-electron chi connectivity index (χ0n) is 18.2. The van der Waals surface area contributed by atoms with Crippen LogP contribution in [0.4, 0.5) is 0 Å². The van der Waals surface area contributed by atoms with E-state index in [0.717, 1.165) is 17.7 Å². The molecule has 0 bridgehead atoms. The van der Waals surface area contributed by atoms with Crippen molar-refractivity contribution in [2.45, 2.75) is 19.4 Å². The second-order valence-corrected chi connectivity index (χ2v) is 8.32. The van der Waals surface area contributed by atoms with Gasteiger partial charge in [-0.15, -0.1) is 0 Å². The van der Waals surface area contributed by atoms with Gasteiger partial charge in [-0.2, -0.15) is 0 Å². The zero-order valence-corrected chi connectivity index (χ0v) is 18.9. The van der Waals surface area contributed by atoms with Gasteiger partial charge in [-0.1, -0.05) is 41.4 Å². The van der Waals surface area contributed by atoms with Gasteiger partial charge in [0, 0.05) is 12.1 Å². The third kappa shape index (κ3) is 4.75. The largest absolute Gasteiger partial charge is 0.507 e. The van der Waals surface area contributed by atoms with Crippen molar-refractivity contribution in [3.05, 3.63) is 69.8 Å². The van der Waals surface area contributed by atoms with Gasteiger partial charge in [-0.3, -0.25) is 9.59 Å². The van der Waals surface area contributed by atoms with Crippen molar-refractivity contribution in [1.82, 2.24) is 9.80 Å². The maximum absolute atomic E-state index is 13.0. The lowest BCUT2D eigenvalue weighted by Gasteiger charge is -2.26. The molecule has 2 aromatic rings. The second-order valence-electron chi connectivity index (χ2n) is 7.91. The lowest BCUT2D eigenvalue weighted by atomic mass is 9.94. The molecule has 0 spiro atoms. The molecule has 31 heavy (non-hydrogen) atoms. The molecule has 6 nitrogen and oxygen atoms in total. The van der Waals surface area contributed by atoms with Crippen LogP contribution in [0.25, 0.3) is 5.76 Å². The third-order valence-electron chi connectivity index (χ3n) is 5.36. The number of amides is 1. The van der Waals surface area contributed by atoms with Gasteiger partial charge in [0.15, 0.2) is 0 Å². The van der Waals surface area contributed by atoms with E-state index < -0.39 is 17.7 Å². The summed E-state index contributed by atoms with van der Waals surface area (Å²) >= 11 is 6.22. The van der Waals surface area contributed by atoms with Crippen LogP contribution in [0.1, 0.15) is 29.2 Å². The number of aryl methyl sites for hydroxylation is 1. The molecular formula is C24H27ClN2O4. The molecule has 1 amide bonds. The van der Waals surface area contributed by atoms with E-state index in [2.05, 4.69) is 0 Å². The number of ether oxygens (including phenoxy) is 1. The highest BCUT2D eigenvalue weighted by Gasteiger charge is 2.45. The molecule has 3 rings (SSSR count). The Bertz CT molecular complexity index is 1010. The number of aliphatic hydroxyl groups is 1. The van der Waals surface area contributed by atoms with Crippen LogP contribution >= 0.6 is 11.6 Å². The van der Waals surface area contributed by atoms with Gasteiger partial charge in [0.05, 0.1) is 23.7 Å². The molecule has 1 saturated heterocycles. The van der Waals surface area contributed by atoms with Gasteiger partial charge in [0.2, 0.25) is 0 Å². The van der Waals surface area contributed by atoms with Crippen LogP contribution in [-0.2, 0) is 9.59 Å². The van der Waals surface area contributed by atoms with Crippen LogP contribution in [0, 0.1) is 6.92 Å². The summed E-state index contributed by atoms with van der Waals surface area (Å²) in [6.07, 6.45) is 0.705. The molecule has 0 aromatic heterocycles. The summed E-state index contributed by atoms with van der Waals surface area (Å²) < 4.78 is 5.16. The van der Waals surface area contributed by atoms with E-state index in [-0.39, 0.29) is 11.3 Å². The average molecular weight is 443 g/mol. The maximum Gasteiger partial charge on any atom is 0.295 e. The summed E-state index contributed by atoms with van der Waals surface area (Å²) in [6.45, 7) is 3.15. The highest BCUT2D eigenvalue weighted by Crippen LogP contribution is 2.40. The fourth-order valence-electron chi connectivity index (χ4n) is 3.73. The number of rotatable bonds is 7. The van der Waals surface area contributed by atoms with E-state index in [1.807, 2.05) is 50.2 Å². The van der Waals surface area contributed by atoms with Crippen molar-refractivity contribution in [2.24, 2.45) is 0 Å². The highest BCUT2D eigenvalue weighted by atomic mass is 35.5. The Labute approximate surface area is 187 Å². The van der Waals surface area contributed by atoms with Crippen molar-refractivity contribution < 1.29 is 19.4 Å². The summed E-state index contributed by atoms with van der Waals surface area (Å²) in [5, 5.41) is 11.4. The normalized spacial score (nSPS) is 18.1. The lowest BCUT2D eigenvalue weighted by Crippen LogP contribution is -2.32. The quantitative estimate of drug-likeness (QED) is 0.398. The van der Waals surface area contributed by atoms with Crippen LogP contribution in [-0.4, -0.2) is 60.9 Å². The summed E-state index contributed by atoms with van der Waals surface area (Å²) in [4.78, 5) is 29.5. The maximum atomic E-state index is 13.0. The molecule has 1 atom stereocenters. The molecule has 1 N–H and O–H groups in total. The molecule has 2 aromatic carbocycles. The van der Waals surface area contributed by atoms with Gasteiger partial charge in [0.1, 0.15) is 11.5 Å². The number of hydrogen-bond donors (Lipinski definition) is 1. The molecular weight excluding hydrogens is 416 g/mol. The minimum absolute atomic E-state index is 0.0694. The number of likely N-dealkylation sites (tertiary alicyclic amines) is 1. The number of benzene rings is 2. The Morgan fingerprint density at radius 2 is 1.84 bits per heavy atom. The SMILES string of the molecule is COc1ccc(/C(O)=C2\C(=O)C(=O)N(CCCN(C)C)[C@@H]2c2ccc(C)cc2)cc1Cl. The predicted octanol–water partition coefficient (Wildman–Crippen LogP) is 4.03. The van der Waals surface area contributed by atoms with Gasteiger partial charge >= 0.3 is 0 Å². The number of carbonyl (C=O) groups is 2. The van der Waals surface area contributed by atoms with E-state index in [1.54, 1.807) is 17.0 Å². The van der Waals surface area contributed by atoms with Crippen LogP contribution in [0.3, 0.4) is 0 Å². The van der Waals surface area contributed by atoms with Gasteiger partial charge in [-0.05, 0) is 57.7 Å². The zero-order chi connectivity index (χ0) is 22.7. The highest BCUT2D eigenvalue weighted by molar-refractivity contribution is 6.46. The fourth-order valence-corrected chi connectivity index (χ4v) is 3.99. The lowest BCUT2D eigenvalue weighted by molar-refractivity contribution is -0.139. The first-order valence-corrected chi connectivity index (χ1v) is 10.5. The van der Waals surface area contributed by atoms with Crippen LogP contribution in [0.5, 0.6) is 5.75 Å². The van der Waals surface area contributed by atoms with Crippen LogP contribution in [0.2, 0.25) is 5.02 Å². The predicted molar refractivity (Wildman–Crippen MR) is 121 cm³/mol. The Morgan fingerprint density at radius 3 is 2.42 bits per heavy atom. The van der Waals surface area contributed by atoms with Crippen LogP contribution < -0.4 is 4.74 Å². The molecule has 0 radical (unpaired) electrons. The van der Waals surface area contributed by atoms with Gasteiger partial charge in [0.25, 0.3) is 11.7 Å². The second kappa shape index (κ2) is 9.54. The summed E-state index contributed by atoms with van der Waals surface area (Å²) in [6, 6.07) is 11.7. The van der Waals surface area contributed by atoms with Gasteiger partial charge in [-0.25, -0.2) is 0 Å². The Hall–Kier alpha value is -2.83. The first-order valence-electron chi connectivity index (χ1n) is 10.1. The number of aliphatic hydroxyl groups excluding tert-OH is 1. The minimum atomic E-state index is -0.695. The van der Waals surface area contributed by atoms with Crippen molar-refractivity contribution in [3.63, 3.8) is 0 Å². The number of methoxy groups -OCH3 is 1. The summed E-state index contributed by atoms with van der Waals surface area (Å²) in [5.41, 5.74) is 2.26. The number of nitrogens with zero attached hydrogens (tertiary/aromatic N) is 2. The minimum Gasteiger partial charge on any atom is -0.507 e. The smallest absolute Gasteiger partial charge is 0.295 e. The summed E-state index contributed by atoms with van der Waals surface area (Å²) in [5.74, 6) is -1.09. The van der Waals surface area contributed by atoms with Crippen molar-refractivity contribution in [1.29, 1.82) is 0 Å². The molecule has 164 valence electrons. The Balaban J connectivity index is 2.10. The van der Waals surface area contributed by atoms with E-state index in [4.69, 9.17) is 16.3 Å². The standard InChI is InChI=1S/C24H27ClN2O4/c1-15-6-8-16(9-7-15)21-20(22(28)17-10-11-19(31-4)18(25)14-17)23(29)24(30)27(21)13-5-12-26(2)3/h6-11,14,21,28H,5,12-13H2,1-4H3/b22-20+/t21-/m1/s1. The molecule has 0 aliphatic carbocycles. The van der Waals surface area contributed by atoms with Crippen molar-refractivity contribution in [2.75, 3.05) is 34.3 Å². The number of ketones is 1. The molecule has 1 heterocycles. The van der Waals surface area contributed by atoms with Crippen molar-refractivity contribution in [3.8, 4) is 5.75 Å². The number of carbonyl (C=O) groups excluding carboxylic acids is 2. The number of hydrogen-bond acceptors (Lipinski definition) is 5. The molecule has 1 aliphatic heterocycles. The van der Waals surface area contributed by atoms with E-state index >= 15 is 0 Å². The molecule has 1 aliphatic rings. The first kappa shape index (κ1) is 22.8. The fraction of sp³-hybridized carbons (Fsp3) is 0.333. The molecule has 7 heteroatoms. The van der Waals surface area contributed by atoms with Crippen molar-refractivity contribution >= 4 is 29.1 Å². The first-order chi connectivity index (χ1) is 14.7. The van der Waals surface area contributed by atoms with Gasteiger partial charge < -0.3 is 19.6 Å². The topological polar surface area (TPSA) is 70.1 Å². The van der Waals surface area contributed by atoms with E-state index in [9.17, 15) is 14.7 Å².